The van der Waals surface area contributed by atoms with E-state index in [0.29, 0.717) is 21.3 Å². The Hall–Kier alpha value is -5.55. The van der Waals surface area contributed by atoms with E-state index in [1.807, 2.05) is 72.1 Å². The van der Waals surface area contributed by atoms with Gasteiger partial charge in [0.05, 0.1) is 10.7 Å². The summed E-state index contributed by atoms with van der Waals surface area (Å²) in [5, 5.41) is 10.1. The molecule has 5 aromatic carbocycles. The molecule has 1 atom stereocenters. The maximum absolute atomic E-state index is 14.7. The van der Waals surface area contributed by atoms with E-state index < -0.39 is 22.9 Å². The molecule has 11 heteroatoms. The Morgan fingerprint density at radius 1 is 0.800 bits per heavy atom. The molecule has 0 aliphatic rings. The van der Waals surface area contributed by atoms with E-state index in [4.69, 9.17) is 11.6 Å². The van der Waals surface area contributed by atoms with Gasteiger partial charge in [0.25, 0.3) is 11.8 Å². The van der Waals surface area contributed by atoms with Crippen molar-refractivity contribution in [1.82, 2.24) is 10.3 Å². The Labute approximate surface area is 301 Å². The van der Waals surface area contributed by atoms with Crippen molar-refractivity contribution >= 4 is 69.3 Å². The number of hydrogen-bond donors (Lipinski definition) is 3. The third-order valence-electron chi connectivity index (χ3n) is 7.31. The van der Waals surface area contributed by atoms with Crippen LogP contribution in [0.5, 0.6) is 0 Å². The van der Waals surface area contributed by atoms with Crippen molar-refractivity contribution in [3.63, 3.8) is 0 Å². The number of amides is 3. The van der Waals surface area contributed by atoms with Crippen LogP contribution in [0.15, 0.2) is 149 Å². The number of carbonyl (C=O) groups is 3. The molecule has 50 heavy (non-hydrogen) atoms. The molecular formula is C39H28ClFN4O3S2. The number of rotatable bonds is 11. The van der Waals surface area contributed by atoms with E-state index >= 15 is 0 Å². The summed E-state index contributed by atoms with van der Waals surface area (Å²) in [6.07, 6.45) is 1.20. The number of thioether (sulfide) groups is 1. The van der Waals surface area contributed by atoms with E-state index in [2.05, 4.69) is 20.9 Å². The smallest absolute Gasteiger partial charge is 0.272 e. The number of halogens is 2. The Kier molecular flexibility index (Phi) is 11.1. The predicted molar refractivity (Wildman–Crippen MR) is 200 cm³/mol. The maximum atomic E-state index is 14.7. The summed E-state index contributed by atoms with van der Waals surface area (Å²) in [6.45, 7) is 0. The van der Waals surface area contributed by atoms with E-state index in [1.165, 1.54) is 47.4 Å². The van der Waals surface area contributed by atoms with Crippen LogP contribution in [0.4, 0.5) is 15.2 Å². The van der Waals surface area contributed by atoms with Gasteiger partial charge in [-0.3, -0.25) is 14.4 Å². The molecule has 0 aliphatic carbocycles. The van der Waals surface area contributed by atoms with Crippen LogP contribution in [0.25, 0.3) is 17.3 Å². The minimum absolute atomic E-state index is 0.0511. The molecule has 0 bridgehead atoms. The van der Waals surface area contributed by atoms with Crippen molar-refractivity contribution in [1.29, 1.82) is 0 Å². The van der Waals surface area contributed by atoms with Crippen LogP contribution in [0, 0.1) is 5.82 Å². The molecule has 1 aromatic heterocycles. The van der Waals surface area contributed by atoms with Gasteiger partial charge in [0.1, 0.15) is 16.8 Å². The van der Waals surface area contributed by atoms with Crippen molar-refractivity contribution in [3.05, 3.63) is 172 Å². The largest absolute Gasteiger partial charge is 0.321 e. The number of aromatic nitrogens is 1. The molecule has 3 amide bonds. The van der Waals surface area contributed by atoms with Crippen LogP contribution >= 0.6 is 34.7 Å². The summed E-state index contributed by atoms with van der Waals surface area (Å²) in [4.78, 5) is 45.7. The summed E-state index contributed by atoms with van der Waals surface area (Å²) in [5.74, 6) is -2.18. The van der Waals surface area contributed by atoms with Gasteiger partial charge < -0.3 is 16.0 Å². The lowest BCUT2D eigenvalue weighted by molar-refractivity contribution is -0.116. The second-order valence-electron chi connectivity index (χ2n) is 10.8. The van der Waals surface area contributed by atoms with Gasteiger partial charge in [-0.15, -0.1) is 23.1 Å². The van der Waals surface area contributed by atoms with E-state index in [0.717, 1.165) is 16.8 Å². The van der Waals surface area contributed by atoms with Crippen LogP contribution < -0.4 is 16.0 Å². The Morgan fingerprint density at radius 2 is 1.48 bits per heavy atom. The highest BCUT2D eigenvalue weighted by Gasteiger charge is 2.24. The van der Waals surface area contributed by atoms with Crippen LogP contribution in [0.2, 0.25) is 5.02 Å². The highest BCUT2D eigenvalue weighted by Crippen LogP contribution is 2.38. The van der Waals surface area contributed by atoms with Crippen LogP contribution in [-0.4, -0.2) is 22.7 Å². The fourth-order valence-electron chi connectivity index (χ4n) is 4.86. The summed E-state index contributed by atoms with van der Waals surface area (Å²) in [6, 6.07) is 38.5. The van der Waals surface area contributed by atoms with E-state index in [1.54, 1.807) is 48.5 Å². The zero-order valence-corrected chi connectivity index (χ0v) is 28.6. The first-order valence-electron chi connectivity index (χ1n) is 15.3. The molecule has 6 rings (SSSR count). The molecule has 7 nitrogen and oxygen atoms in total. The number of nitrogens with one attached hydrogen (secondary N) is 3. The predicted octanol–water partition coefficient (Wildman–Crippen LogP) is 9.48. The molecule has 6 aromatic rings. The van der Waals surface area contributed by atoms with Gasteiger partial charge in [0, 0.05) is 32.7 Å². The number of nitrogens with zero attached hydrogens (tertiary/aromatic N) is 1. The minimum Gasteiger partial charge on any atom is -0.321 e. The van der Waals surface area contributed by atoms with Gasteiger partial charge in [-0.2, -0.15) is 0 Å². The van der Waals surface area contributed by atoms with Crippen molar-refractivity contribution in [3.8, 4) is 11.3 Å². The highest BCUT2D eigenvalue weighted by atomic mass is 35.5. The first-order chi connectivity index (χ1) is 24.3. The summed E-state index contributed by atoms with van der Waals surface area (Å²) < 4.78 is 14.7. The summed E-state index contributed by atoms with van der Waals surface area (Å²) in [5.41, 5.74) is 2.92. The van der Waals surface area contributed by atoms with Crippen molar-refractivity contribution in [2.45, 2.75) is 10.1 Å². The van der Waals surface area contributed by atoms with E-state index in [9.17, 15) is 18.8 Å². The third kappa shape index (κ3) is 8.72. The van der Waals surface area contributed by atoms with Crippen LogP contribution in [0.1, 0.15) is 26.7 Å². The molecule has 0 aliphatic heterocycles. The maximum Gasteiger partial charge on any atom is 0.272 e. The molecule has 0 saturated carbocycles. The lowest BCUT2D eigenvalue weighted by Crippen LogP contribution is -2.30. The Balaban J connectivity index is 1.23. The van der Waals surface area contributed by atoms with Gasteiger partial charge in [0.15, 0.2) is 5.13 Å². The Morgan fingerprint density at radius 3 is 2.20 bits per heavy atom. The van der Waals surface area contributed by atoms with Crippen LogP contribution in [-0.2, 0) is 9.59 Å². The fourth-order valence-corrected chi connectivity index (χ4v) is 6.89. The fraction of sp³-hybridized carbons (Fsp3) is 0.0256. The number of benzene rings is 5. The van der Waals surface area contributed by atoms with Gasteiger partial charge in [-0.1, -0.05) is 103 Å². The topological polar surface area (TPSA) is 100 Å². The average Bonchev–Trinajstić information content (AvgIpc) is 3.61. The van der Waals surface area contributed by atoms with Gasteiger partial charge in [-0.05, 0) is 54.1 Å². The molecule has 1 unspecified atom stereocenters. The monoisotopic (exact) mass is 718 g/mol. The summed E-state index contributed by atoms with van der Waals surface area (Å²) >= 11 is 8.89. The van der Waals surface area contributed by atoms with Crippen molar-refractivity contribution in [2.24, 2.45) is 0 Å². The van der Waals surface area contributed by atoms with Gasteiger partial charge >= 0.3 is 0 Å². The molecular weight excluding hydrogens is 691 g/mol. The summed E-state index contributed by atoms with van der Waals surface area (Å²) in [7, 11) is 0. The quantitative estimate of drug-likeness (QED) is 0.0916. The number of carbonyl (C=O) groups excluding carboxylic acids is 3. The first kappa shape index (κ1) is 34.3. The SMILES string of the molecule is O=C(Nc1cccc(SC(C(=O)Nc2nc(-c3ccccc3)cs2)c2ccccc2)c1)/C(=C\c1c(F)cccc1Cl)NC(=O)c1ccccc1. The van der Waals surface area contributed by atoms with E-state index in [-0.39, 0.29) is 22.2 Å². The standard InChI is InChI=1S/C39H28ClFN4O3S2/c40-31-20-11-21-32(41)30(31)23-33(43-36(46)27-16-8-3-9-17-27)37(47)42-28-18-10-19-29(22-28)50-35(26-14-6-2-7-15-26)38(48)45-39-44-34(24-49-39)25-12-4-1-5-13-25/h1-24,35H,(H,42,47)(H,43,46)(H,44,45,48)/b33-23+. The number of hydrogen-bond acceptors (Lipinski definition) is 6. The molecule has 0 fully saturated rings. The Bertz CT molecular complexity index is 2140. The van der Waals surface area contributed by atoms with Crippen molar-refractivity contribution < 1.29 is 18.8 Å². The number of thiazole rings is 1. The first-order valence-corrected chi connectivity index (χ1v) is 17.4. The lowest BCUT2D eigenvalue weighted by Gasteiger charge is -2.17. The zero-order chi connectivity index (χ0) is 34.9. The van der Waals surface area contributed by atoms with Gasteiger partial charge in [-0.25, -0.2) is 9.37 Å². The highest BCUT2D eigenvalue weighted by molar-refractivity contribution is 8.00. The van der Waals surface area contributed by atoms with Crippen LogP contribution in [0.3, 0.4) is 0 Å². The number of anilines is 2. The third-order valence-corrected chi connectivity index (χ3v) is 9.64. The second-order valence-corrected chi connectivity index (χ2v) is 13.2. The molecule has 0 saturated heterocycles. The molecule has 0 spiro atoms. The second kappa shape index (κ2) is 16.2. The lowest BCUT2D eigenvalue weighted by atomic mass is 10.1. The molecule has 1 heterocycles. The zero-order valence-electron chi connectivity index (χ0n) is 26.2. The van der Waals surface area contributed by atoms with Gasteiger partial charge in [0.2, 0.25) is 5.91 Å². The normalized spacial score (nSPS) is 11.8. The average molecular weight is 719 g/mol. The molecule has 248 valence electrons. The molecule has 3 N–H and O–H groups in total. The molecule has 0 radical (unpaired) electrons. The minimum atomic E-state index is -0.703. The van der Waals surface area contributed by atoms with Crippen molar-refractivity contribution in [2.75, 3.05) is 10.6 Å².